The van der Waals surface area contributed by atoms with Gasteiger partial charge in [0.1, 0.15) is 11.6 Å². The van der Waals surface area contributed by atoms with Crippen molar-refractivity contribution in [2.24, 2.45) is 0 Å². The average molecular weight is 373 g/mol. The number of hydrogen-bond donors (Lipinski definition) is 1. The van der Waals surface area contributed by atoms with Crippen molar-refractivity contribution >= 4 is 27.5 Å². The van der Waals surface area contributed by atoms with E-state index in [1.165, 1.54) is 6.07 Å². The highest BCUT2D eigenvalue weighted by molar-refractivity contribution is 9.10. The zero-order chi connectivity index (χ0) is 15.4. The van der Waals surface area contributed by atoms with E-state index in [1.807, 2.05) is 13.0 Å². The van der Waals surface area contributed by atoms with Gasteiger partial charge in [0.25, 0.3) is 0 Å². The first-order chi connectivity index (χ1) is 10.1. The molecule has 2 aromatic rings. The summed E-state index contributed by atoms with van der Waals surface area (Å²) in [5.74, 6) is 0.349. The van der Waals surface area contributed by atoms with E-state index in [0.29, 0.717) is 22.9 Å². The third kappa shape index (κ3) is 3.76. The number of nitrogens with one attached hydrogen (secondary N) is 1. The third-order valence-electron chi connectivity index (χ3n) is 3.19. The Balaban J connectivity index is 2.48. The lowest BCUT2D eigenvalue weighted by molar-refractivity contribution is 0.414. The molecule has 0 aliphatic heterocycles. The first-order valence-electron chi connectivity index (χ1n) is 6.58. The van der Waals surface area contributed by atoms with Crippen molar-refractivity contribution in [3.8, 4) is 5.75 Å². The van der Waals surface area contributed by atoms with Crippen LogP contribution in [-0.4, -0.2) is 13.7 Å². The Morgan fingerprint density at radius 2 is 2.05 bits per heavy atom. The summed E-state index contributed by atoms with van der Waals surface area (Å²) in [6, 6.07) is 10.1. The molecule has 0 fully saturated rings. The van der Waals surface area contributed by atoms with E-state index in [-0.39, 0.29) is 11.9 Å². The first kappa shape index (κ1) is 16.3. The maximum atomic E-state index is 14.2. The van der Waals surface area contributed by atoms with E-state index in [1.54, 1.807) is 31.4 Å². The molecular formula is C16H16BrClFNO. The summed E-state index contributed by atoms with van der Waals surface area (Å²) in [6.45, 7) is 2.69. The molecule has 0 saturated carbocycles. The molecule has 1 N–H and O–H groups in total. The minimum absolute atomic E-state index is 0.254. The molecule has 21 heavy (non-hydrogen) atoms. The number of ether oxygens (including phenoxy) is 1. The second-order valence-corrected chi connectivity index (χ2v) is 5.87. The number of methoxy groups -OCH3 is 1. The van der Waals surface area contributed by atoms with Crippen LogP contribution in [0.5, 0.6) is 5.75 Å². The van der Waals surface area contributed by atoms with Crippen LogP contribution in [0.15, 0.2) is 40.9 Å². The zero-order valence-electron chi connectivity index (χ0n) is 11.8. The molecule has 0 amide bonds. The minimum Gasteiger partial charge on any atom is -0.495 e. The lowest BCUT2D eigenvalue weighted by atomic mass is 9.98. The van der Waals surface area contributed by atoms with Gasteiger partial charge < -0.3 is 10.1 Å². The van der Waals surface area contributed by atoms with Crippen molar-refractivity contribution < 1.29 is 9.13 Å². The summed E-state index contributed by atoms with van der Waals surface area (Å²) in [7, 11) is 1.57. The molecule has 2 aromatic carbocycles. The Morgan fingerprint density at radius 3 is 2.67 bits per heavy atom. The van der Waals surface area contributed by atoms with Gasteiger partial charge in [0.2, 0.25) is 0 Å². The fourth-order valence-electron chi connectivity index (χ4n) is 2.21. The van der Waals surface area contributed by atoms with Crippen LogP contribution in [-0.2, 0) is 0 Å². The van der Waals surface area contributed by atoms with Gasteiger partial charge in [-0.05, 0) is 42.4 Å². The molecule has 0 heterocycles. The summed E-state index contributed by atoms with van der Waals surface area (Å²) < 4.78 is 20.1. The number of hydrogen-bond acceptors (Lipinski definition) is 2. The Bertz CT molecular complexity index is 636. The molecule has 0 aromatic heterocycles. The molecule has 2 rings (SSSR count). The molecule has 0 radical (unpaired) electrons. The Labute approximate surface area is 137 Å². The zero-order valence-corrected chi connectivity index (χ0v) is 14.1. The number of benzene rings is 2. The van der Waals surface area contributed by atoms with Gasteiger partial charge in [-0.2, -0.15) is 0 Å². The first-order valence-corrected chi connectivity index (χ1v) is 7.75. The van der Waals surface area contributed by atoms with E-state index in [9.17, 15) is 4.39 Å². The number of halogens is 3. The van der Waals surface area contributed by atoms with Gasteiger partial charge in [0.15, 0.2) is 0 Å². The molecular weight excluding hydrogens is 357 g/mol. The predicted molar refractivity (Wildman–Crippen MR) is 87.6 cm³/mol. The topological polar surface area (TPSA) is 21.3 Å². The highest BCUT2D eigenvalue weighted by Gasteiger charge is 2.18. The van der Waals surface area contributed by atoms with Gasteiger partial charge in [0, 0.05) is 10.0 Å². The fourth-order valence-corrected chi connectivity index (χ4v) is 2.85. The van der Waals surface area contributed by atoms with Crippen molar-refractivity contribution in [2.75, 3.05) is 13.7 Å². The van der Waals surface area contributed by atoms with Crippen molar-refractivity contribution in [1.29, 1.82) is 0 Å². The van der Waals surface area contributed by atoms with Crippen LogP contribution >= 0.6 is 27.5 Å². The maximum absolute atomic E-state index is 14.2. The van der Waals surface area contributed by atoms with Crippen LogP contribution in [0.3, 0.4) is 0 Å². The van der Waals surface area contributed by atoms with E-state index < -0.39 is 0 Å². The normalized spacial score (nSPS) is 12.2. The molecule has 1 atom stereocenters. The monoisotopic (exact) mass is 371 g/mol. The SMILES string of the molecule is CCNC(c1ccc(OC)c(Cl)c1)c1cc(Br)ccc1F. The quantitative estimate of drug-likeness (QED) is 0.802. The van der Waals surface area contributed by atoms with Gasteiger partial charge in [0.05, 0.1) is 18.2 Å². The van der Waals surface area contributed by atoms with E-state index in [0.717, 1.165) is 10.0 Å². The Morgan fingerprint density at radius 1 is 1.29 bits per heavy atom. The molecule has 5 heteroatoms. The highest BCUT2D eigenvalue weighted by atomic mass is 79.9. The van der Waals surface area contributed by atoms with Crippen molar-refractivity contribution in [1.82, 2.24) is 5.32 Å². The van der Waals surface area contributed by atoms with Gasteiger partial charge in [-0.3, -0.25) is 0 Å². The second-order valence-electron chi connectivity index (χ2n) is 4.55. The lowest BCUT2D eigenvalue weighted by Crippen LogP contribution is -2.23. The van der Waals surface area contributed by atoms with Crippen molar-refractivity contribution in [3.05, 3.63) is 62.8 Å². The standard InChI is InChI=1S/C16H16BrClFNO/c1-3-20-16(12-9-11(17)5-6-14(12)19)10-4-7-15(21-2)13(18)8-10/h4-9,16,20H,3H2,1-2H3. The summed E-state index contributed by atoms with van der Waals surface area (Å²) in [4.78, 5) is 0. The molecule has 0 spiro atoms. The van der Waals surface area contributed by atoms with E-state index in [4.69, 9.17) is 16.3 Å². The Hall–Kier alpha value is -1.10. The van der Waals surface area contributed by atoms with Crippen LogP contribution < -0.4 is 10.1 Å². The van der Waals surface area contributed by atoms with Crippen LogP contribution in [0, 0.1) is 5.82 Å². The van der Waals surface area contributed by atoms with Crippen molar-refractivity contribution in [3.63, 3.8) is 0 Å². The van der Waals surface area contributed by atoms with Crippen LogP contribution in [0.25, 0.3) is 0 Å². The summed E-state index contributed by atoms with van der Waals surface area (Å²) in [5.41, 5.74) is 1.46. The van der Waals surface area contributed by atoms with Gasteiger partial charge in [-0.25, -0.2) is 4.39 Å². The van der Waals surface area contributed by atoms with Gasteiger partial charge >= 0.3 is 0 Å². The fraction of sp³-hybridized carbons (Fsp3) is 0.250. The van der Waals surface area contributed by atoms with E-state index in [2.05, 4.69) is 21.2 Å². The Kier molecular flexibility index (Phi) is 5.62. The summed E-state index contributed by atoms with van der Waals surface area (Å²) in [6.07, 6.45) is 0. The minimum atomic E-state index is -0.268. The number of rotatable bonds is 5. The summed E-state index contributed by atoms with van der Waals surface area (Å²) in [5, 5.41) is 3.80. The summed E-state index contributed by atoms with van der Waals surface area (Å²) >= 11 is 9.56. The molecule has 1 unspecified atom stereocenters. The molecule has 0 saturated heterocycles. The van der Waals surface area contributed by atoms with Crippen molar-refractivity contribution in [2.45, 2.75) is 13.0 Å². The molecule has 0 aliphatic carbocycles. The highest BCUT2D eigenvalue weighted by Crippen LogP contribution is 2.32. The average Bonchev–Trinajstić information content (AvgIpc) is 2.47. The molecule has 0 bridgehead atoms. The van der Waals surface area contributed by atoms with Crippen LogP contribution in [0.4, 0.5) is 4.39 Å². The van der Waals surface area contributed by atoms with Crippen LogP contribution in [0.1, 0.15) is 24.1 Å². The largest absolute Gasteiger partial charge is 0.495 e. The van der Waals surface area contributed by atoms with Gasteiger partial charge in [-0.15, -0.1) is 0 Å². The second kappa shape index (κ2) is 7.25. The smallest absolute Gasteiger partial charge is 0.137 e. The maximum Gasteiger partial charge on any atom is 0.137 e. The molecule has 0 aliphatic rings. The molecule has 112 valence electrons. The molecule has 2 nitrogen and oxygen atoms in total. The van der Waals surface area contributed by atoms with E-state index >= 15 is 0 Å². The predicted octanol–water partition coefficient (Wildman–Crippen LogP) is 4.95. The lowest BCUT2D eigenvalue weighted by Gasteiger charge is -2.20. The van der Waals surface area contributed by atoms with Crippen LogP contribution in [0.2, 0.25) is 5.02 Å². The third-order valence-corrected chi connectivity index (χ3v) is 3.98. The van der Waals surface area contributed by atoms with Gasteiger partial charge in [-0.1, -0.05) is 40.5 Å².